The van der Waals surface area contributed by atoms with E-state index in [0.29, 0.717) is 22.5 Å². The van der Waals surface area contributed by atoms with Crippen LogP contribution in [0.2, 0.25) is 0 Å². The van der Waals surface area contributed by atoms with Crippen LogP contribution in [0.4, 0.5) is 0 Å². The first-order valence-electron chi connectivity index (χ1n) is 4.82. The van der Waals surface area contributed by atoms with E-state index < -0.39 is 7.32 Å². The summed E-state index contributed by atoms with van der Waals surface area (Å²) >= 11 is 0. The fraction of sp³-hybridized carbons (Fsp3) is 0.200. The van der Waals surface area contributed by atoms with Gasteiger partial charge in [0.05, 0.1) is 19.6 Å². The van der Waals surface area contributed by atoms with E-state index in [2.05, 4.69) is 4.65 Å². The van der Waals surface area contributed by atoms with Crippen LogP contribution in [-0.2, 0) is 0 Å². The first kappa shape index (κ1) is 11.6. The van der Waals surface area contributed by atoms with Crippen molar-refractivity contribution >= 4 is 18.3 Å². The molecule has 0 aliphatic rings. The van der Waals surface area contributed by atoms with Crippen LogP contribution in [0.5, 0.6) is 17.4 Å². The Morgan fingerprint density at radius 3 is 2.47 bits per heavy atom. The van der Waals surface area contributed by atoms with Gasteiger partial charge in [-0.25, -0.2) is 0 Å². The molecule has 0 saturated heterocycles. The summed E-state index contributed by atoms with van der Waals surface area (Å²) in [5.74, 6) is 1.10. The van der Waals surface area contributed by atoms with Crippen molar-refractivity contribution in [2.45, 2.75) is 0 Å². The highest BCUT2D eigenvalue weighted by atomic mass is 16.7. The molecule has 17 heavy (non-hydrogen) atoms. The molecule has 0 aliphatic carbocycles. The average Bonchev–Trinajstić information content (AvgIpc) is 2.68. The highest BCUT2D eigenvalue weighted by molar-refractivity contribution is 6.33. The molecule has 1 aromatic carbocycles. The van der Waals surface area contributed by atoms with Crippen molar-refractivity contribution in [3.63, 3.8) is 0 Å². The van der Waals surface area contributed by atoms with Crippen LogP contribution in [-0.4, -0.2) is 31.6 Å². The fourth-order valence-corrected chi connectivity index (χ4v) is 1.51. The lowest BCUT2D eigenvalue weighted by Crippen LogP contribution is -2.20. The minimum atomic E-state index is -1.93. The van der Waals surface area contributed by atoms with E-state index in [1.165, 1.54) is 20.3 Å². The van der Waals surface area contributed by atoms with Gasteiger partial charge in [-0.15, -0.1) is 0 Å². The summed E-state index contributed by atoms with van der Waals surface area (Å²) in [6, 6.07) is 4.85. The van der Waals surface area contributed by atoms with E-state index >= 15 is 0 Å². The molecular weight excluding hydrogens is 227 g/mol. The topological polar surface area (TPSA) is 81.3 Å². The third-order valence-electron chi connectivity index (χ3n) is 2.23. The summed E-state index contributed by atoms with van der Waals surface area (Å²) in [6.45, 7) is 0. The second kappa shape index (κ2) is 4.56. The van der Waals surface area contributed by atoms with Crippen molar-refractivity contribution < 1.29 is 28.6 Å². The van der Waals surface area contributed by atoms with Crippen molar-refractivity contribution in [1.82, 2.24) is 0 Å². The lowest BCUT2D eigenvalue weighted by Gasteiger charge is -2.03. The minimum absolute atomic E-state index is 0.0125. The largest absolute Gasteiger partial charge is 0.709 e. The molecule has 0 atom stereocenters. The summed E-state index contributed by atoms with van der Waals surface area (Å²) in [4.78, 5) is 0. The summed E-state index contributed by atoms with van der Waals surface area (Å²) in [7, 11) is 1.12. The normalized spacial score (nSPS) is 10.4. The van der Waals surface area contributed by atoms with Gasteiger partial charge in [0.15, 0.2) is 0 Å². The van der Waals surface area contributed by atoms with E-state index in [4.69, 9.17) is 23.9 Å². The number of ether oxygens (including phenoxy) is 2. The molecule has 2 rings (SSSR count). The van der Waals surface area contributed by atoms with E-state index in [9.17, 15) is 0 Å². The Labute approximate surface area is 97.5 Å². The van der Waals surface area contributed by atoms with Gasteiger partial charge in [-0.1, -0.05) is 0 Å². The Bertz CT molecular complexity index is 521. The minimum Gasteiger partial charge on any atom is -0.496 e. The number of hydrogen-bond acceptors (Lipinski definition) is 6. The summed E-state index contributed by atoms with van der Waals surface area (Å²) in [5, 5.41) is 18.0. The molecule has 90 valence electrons. The molecule has 2 aromatic rings. The Morgan fingerprint density at radius 1 is 1.12 bits per heavy atom. The monoisotopic (exact) mass is 238 g/mol. The maximum absolute atomic E-state index is 8.68. The van der Waals surface area contributed by atoms with Crippen LogP contribution in [0.1, 0.15) is 0 Å². The summed E-state index contributed by atoms with van der Waals surface area (Å²) < 4.78 is 20.1. The van der Waals surface area contributed by atoms with E-state index in [1.54, 1.807) is 12.1 Å². The summed E-state index contributed by atoms with van der Waals surface area (Å²) in [5.41, 5.74) is 0.469. The molecule has 0 unspecified atom stereocenters. The number of hydrogen-bond donors (Lipinski definition) is 2. The molecule has 0 bridgehead atoms. The third kappa shape index (κ3) is 2.30. The lowest BCUT2D eigenvalue weighted by atomic mass is 10.2. The zero-order valence-electron chi connectivity index (χ0n) is 9.34. The van der Waals surface area contributed by atoms with Gasteiger partial charge in [-0.3, -0.25) is 0 Å². The van der Waals surface area contributed by atoms with Crippen LogP contribution in [0.3, 0.4) is 0 Å². The van der Waals surface area contributed by atoms with Gasteiger partial charge in [-0.05, 0) is 0 Å². The van der Waals surface area contributed by atoms with Gasteiger partial charge in [0.2, 0.25) is 0 Å². The number of benzene rings is 1. The van der Waals surface area contributed by atoms with Crippen LogP contribution in [0, 0.1) is 0 Å². The molecular formula is C10H11BO6. The molecule has 2 N–H and O–H groups in total. The predicted molar refractivity (Wildman–Crippen MR) is 60.1 cm³/mol. The Kier molecular flexibility index (Phi) is 3.12. The van der Waals surface area contributed by atoms with Gasteiger partial charge in [-0.2, -0.15) is 0 Å². The SMILES string of the molecule is COc1cc(OC)c2cc(OB(O)O)oc2c1. The standard InChI is InChI=1S/C10H11BO6/c1-14-6-3-8(15-2)7-5-10(17-11(12)13)16-9(7)4-6/h3-5,12-13H,1-2H3. The molecule has 6 nitrogen and oxygen atoms in total. The zero-order valence-corrected chi connectivity index (χ0v) is 9.34. The molecule has 1 heterocycles. The molecule has 1 aromatic heterocycles. The molecule has 0 fully saturated rings. The van der Waals surface area contributed by atoms with Crippen LogP contribution in [0.25, 0.3) is 11.0 Å². The Balaban J connectivity index is 2.50. The first-order valence-corrected chi connectivity index (χ1v) is 4.82. The molecule has 0 spiro atoms. The first-order chi connectivity index (χ1) is 8.13. The van der Waals surface area contributed by atoms with Crippen molar-refractivity contribution in [1.29, 1.82) is 0 Å². The number of furan rings is 1. The molecule has 0 saturated carbocycles. The van der Waals surface area contributed by atoms with E-state index in [-0.39, 0.29) is 5.95 Å². The Morgan fingerprint density at radius 2 is 1.88 bits per heavy atom. The summed E-state index contributed by atoms with van der Waals surface area (Å²) in [6.07, 6.45) is 0. The highest BCUT2D eigenvalue weighted by Gasteiger charge is 2.17. The van der Waals surface area contributed by atoms with Gasteiger partial charge >= 0.3 is 7.32 Å². The van der Waals surface area contributed by atoms with Crippen molar-refractivity contribution in [3.8, 4) is 17.4 Å². The van der Waals surface area contributed by atoms with Crippen molar-refractivity contribution in [2.24, 2.45) is 0 Å². The predicted octanol–water partition coefficient (Wildman–Crippen LogP) is 0.798. The number of methoxy groups -OCH3 is 2. The van der Waals surface area contributed by atoms with Gasteiger partial charge in [0, 0.05) is 18.2 Å². The smallest absolute Gasteiger partial charge is 0.496 e. The molecule has 0 amide bonds. The second-order valence-corrected chi connectivity index (χ2v) is 3.25. The quantitative estimate of drug-likeness (QED) is 0.766. The fourth-order valence-electron chi connectivity index (χ4n) is 1.51. The van der Waals surface area contributed by atoms with Crippen molar-refractivity contribution in [2.75, 3.05) is 14.2 Å². The zero-order chi connectivity index (χ0) is 12.4. The molecule has 7 heteroatoms. The highest BCUT2D eigenvalue weighted by Crippen LogP contribution is 2.35. The lowest BCUT2D eigenvalue weighted by molar-refractivity contribution is 0.257. The second-order valence-electron chi connectivity index (χ2n) is 3.25. The van der Waals surface area contributed by atoms with Crippen LogP contribution < -0.4 is 14.1 Å². The maximum Gasteiger partial charge on any atom is 0.709 e. The van der Waals surface area contributed by atoms with Crippen molar-refractivity contribution in [3.05, 3.63) is 18.2 Å². The average molecular weight is 238 g/mol. The third-order valence-corrected chi connectivity index (χ3v) is 2.23. The number of rotatable bonds is 4. The van der Waals surface area contributed by atoms with Crippen LogP contribution in [0.15, 0.2) is 22.6 Å². The Hall–Kier alpha value is -1.86. The molecule has 0 aliphatic heterocycles. The van der Waals surface area contributed by atoms with Gasteiger partial charge < -0.3 is 28.6 Å². The van der Waals surface area contributed by atoms with Gasteiger partial charge in [0.25, 0.3) is 5.95 Å². The van der Waals surface area contributed by atoms with E-state index in [1.807, 2.05) is 0 Å². The van der Waals surface area contributed by atoms with Gasteiger partial charge in [0.1, 0.15) is 17.1 Å². The van der Waals surface area contributed by atoms with E-state index in [0.717, 1.165) is 0 Å². The molecule has 0 radical (unpaired) electrons. The van der Waals surface area contributed by atoms with Crippen LogP contribution >= 0.6 is 0 Å². The number of fused-ring (bicyclic) bond motifs is 1. The maximum atomic E-state index is 8.68.